The van der Waals surface area contributed by atoms with Gasteiger partial charge in [0.15, 0.2) is 0 Å². The standard InChI is InChI=1S/C15H16ClNO4S/c1-3-20-14(18)11-12(9-5-7-10(16)8-6-9)17-22-13(11)15(19)21-4-2/h5-8,11,13H,3-4H2,1-2H3/t11-,13-/m1/s1. The number of ether oxygens (including phenoxy) is 2. The molecule has 0 aliphatic carbocycles. The molecule has 1 aliphatic rings. The molecule has 0 aromatic heterocycles. The van der Waals surface area contributed by atoms with Crippen LogP contribution in [0.2, 0.25) is 5.02 Å². The number of carbonyl (C=O) groups excluding carboxylic acids is 2. The van der Waals surface area contributed by atoms with E-state index in [-0.39, 0.29) is 13.2 Å². The minimum atomic E-state index is -0.773. The molecule has 5 nitrogen and oxygen atoms in total. The average molecular weight is 342 g/mol. The number of nitrogens with zero attached hydrogens (tertiary/aromatic N) is 1. The van der Waals surface area contributed by atoms with E-state index in [4.69, 9.17) is 21.1 Å². The van der Waals surface area contributed by atoms with Crippen LogP contribution < -0.4 is 0 Å². The molecule has 1 aliphatic heterocycles. The molecule has 2 rings (SSSR count). The number of hydrogen-bond acceptors (Lipinski definition) is 6. The average Bonchev–Trinajstić information content (AvgIpc) is 2.93. The van der Waals surface area contributed by atoms with E-state index >= 15 is 0 Å². The lowest BCUT2D eigenvalue weighted by molar-refractivity contribution is -0.151. The van der Waals surface area contributed by atoms with Gasteiger partial charge in [-0.2, -0.15) is 0 Å². The Morgan fingerprint density at radius 2 is 1.73 bits per heavy atom. The second-order valence-electron chi connectivity index (χ2n) is 4.49. The summed E-state index contributed by atoms with van der Waals surface area (Å²) in [7, 11) is 0. The van der Waals surface area contributed by atoms with Crippen LogP contribution in [0.4, 0.5) is 0 Å². The van der Waals surface area contributed by atoms with Gasteiger partial charge in [0, 0.05) is 5.02 Å². The number of hydrogen-bond donors (Lipinski definition) is 0. The molecule has 118 valence electrons. The fourth-order valence-corrected chi connectivity index (χ4v) is 3.19. The summed E-state index contributed by atoms with van der Waals surface area (Å²) >= 11 is 6.92. The highest BCUT2D eigenvalue weighted by Gasteiger charge is 2.45. The molecule has 0 saturated heterocycles. The van der Waals surface area contributed by atoms with Crippen molar-refractivity contribution in [3.63, 3.8) is 0 Å². The summed E-state index contributed by atoms with van der Waals surface area (Å²) < 4.78 is 14.4. The Kier molecular flexibility index (Phi) is 5.85. The van der Waals surface area contributed by atoms with Crippen LogP contribution in [0.15, 0.2) is 28.7 Å². The molecule has 1 heterocycles. The van der Waals surface area contributed by atoms with E-state index in [0.717, 1.165) is 17.5 Å². The van der Waals surface area contributed by atoms with Crippen molar-refractivity contribution in [2.24, 2.45) is 10.3 Å². The van der Waals surface area contributed by atoms with Crippen molar-refractivity contribution in [3.05, 3.63) is 34.9 Å². The smallest absolute Gasteiger partial charge is 0.322 e. The van der Waals surface area contributed by atoms with Crippen LogP contribution in [0, 0.1) is 5.92 Å². The highest BCUT2D eigenvalue weighted by atomic mass is 35.5. The van der Waals surface area contributed by atoms with Crippen LogP contribution in [-0.2, 0) is 19.1 Å². The van der Waals surface area contributed by atoms with Crippen LogP contribution in [0.1, 0.15) is 19.4 Å². The zero-order valence-corrected chi connectivity index (χ0v) is 13.8. The van der Waals surface area contributed by atoms with E-state index in [0.29, 0.717) is 10.7 Å². The van der Waals surface area contributed by atoms with Gasteiger partial charge in [-0.1, -0.05) is 23.7 Å². The molecule has 1 aromatic carbocycles. The Morgan fingerprint density at radius 1 is 1.14 bits per heavy atom. The molecule has 7 heteroatoms. The first-order valence-corrected chi connectivity index (χ1v) is 8.12. The molecule has 2 atom stereocenters. The van der Waals surface area contributed by atoms with Crippen LogP contribution in [0.3, 0.4) is 0 Å². The van der Waals surface area contributed by atoms with E-state index in [1.165, 1.54) is 0 Å². The minimum Gasteiger partial charge on any atom is -0.465 e. The lowest BCUT2D eigenvalue weighted by Crippen LogP contribution is -2.37. The largest absolute Gasteiger partial charge is 0.465 e. The third kappa shape index (κ3) is 3.62. The highest BCUT2D eigenvalue weighted by Crippen LogP contribution is 2.35. The predicted molar refractivity (Wildman–Crippen MR) is 86.1 cm³/mol. The van der Waals surface area contributed by atoms with E-state index in [9.17, 15) is 9.59 Å². The number of esters is 2. The van der Waals surface area contributed by atoms with Crippen LogP contribution in [-0.4, -0.2) is 36.1 Å². The quantitative estimate of drug-likeness (QED) is 0.608. The molecule has 0 saturated carbocycles. The number of rotatable bonds is 5. The van der Waals surface area contributed by atoms with Crippen molar-refractivity contribution in [1.82, 2.24) is 0 Å². The van der Waals surface area contributed by atoms with Crippen molar-refractivity contribution < 1.29 is 19.1 Å². The van der Waals surface area contributed by atoms with E-state index in [1.54, 1.807) is 38.1 Å². The second kappa shape index (κ2) is 7.65. The van der Waals surface area contributed by atoms with Gasteiger partial charge in [0.2, 0.25) is 0 Å². The third-order valence-corrected chi connectivity index (χ3v) is 4.31. The van der Waals surface area contributed by atoms with Gasteiger partial charge in [0.05, 0.1) is 18.9 Å². The summed E-state index contributed by atoms with van der Waals surface area (Å²) in [4.78, 5) is 24.3. The Labute approximate surface area is 138 Å². The number of halogens is 1. The van der Waals surface area contributed by atoms with Gasteiger partial charge in [-0.25, -0.2) is 4.40 Å². The fourth-order valence-electron chi connectivity index (χ4n) is 2.10. The monoisotopic (exact) mass is 341 g/mol. The first-order chi connectivity index (χ1) is 10.6. The van der Waals surface area contributed by atoms with Gasteiger partial charge in [0.1, 0.15) is 11.2 Å². The van der Waals surface area contributed by atoms with Gasteiger partial charge in [-0.15, -0.1) is 0 Å². The zero-order chi connectivity index (χ0) is 16.1. The molecule has 0 N–H and O–H groups in total. The van der Waals surface area contributed by atoms with Crippen LogP contribution in [0.5, 0.6) is 0 Å². The van der Waals surface area contributed by atoms with Gasteiger partial charge in [-0.3, -0.25) is 9.59 Å². The lowest BCUT2D eigenvalue weighted by Gasteiger charge is -2.17. The Bertz CT molecular complexity index is 588. The predicted octanol–water partition coefficient (Wildman–Crippen LogP) is 2.90. The van der Waals surface area contributed by atoms with Crippen LogP contribution in [0.25, 0.3) is 0 Å². The van der Waals surface area contributed by atoms with Crippen molar-refractivity contribution >= 4 is 41.2 Å². The Morgan fingerprint density at radius 3 is 2.32 bits per heavy atom. The van der Waals surface area contributed by atoms with E-state index < -0.39 is 23.1 Å². The van der Waals surface area contributed by atoms with Gasteiger partial charge >= 0.3 is 11.9 Å². The molecular formula is C15H16ClNO4S. The summed E-state index contributed by atoms with van der Waals surface area (Å²) in [5.41, 5.74) is 1.25. The highest BCUT2D eigenvalue weighted by molar-refractivity contribution is 8.00. The molecular weight excluding hydrogens is 326 g/mol. The first kappa shape index (κ1) is 16.8. The topological polar surface area (TPSA) is 65.0 Å². The molecule has 1 aromatic rings. The fraction of sp³-hybridized carbons (Fsp3) is 0.400. The normalized spacial score (nSPS) is 20.4. The molecule has 0 radical (unpaired) electrons. The van der Waals surface area contributed by atoms with Crippen LogP contribution >= 0.6 is 23.5 Å². The summed E-state index contributed by atoms with van der Waals surface area (Å²) in [6.07, 6.45) is 0. The van der Waals surface area contributed by atoms with Crippen molar-refractivity contribution in [2.45, 2.75) is 19.1 Å². The molecule has 22 heavy (non-hydrogen) atoms. The molecule has 0 unspecified atom stereocenters. The minimum absolute atomic E-state index is 0.240. The Hall–Kier alpha value is -1.53. The molecule has 0 fully saturated rings. The SMILES string of the molecule is CCOC(=O)[C@@H]1C(c2ccc(Cl)cc2)=NS[C@H]1C(=O)OCC. The molecule has 0 bridgehead atoms. The maximum absolute atomic E-state index is 12.3. The summed E-state index contributed by atoms with van der Waals surface area (Å²) in [6, 6.07) is 6.96. The maximum atomic E-state index is 12.3. The summed E-state index contributed by atoms with van der Waals surface area (Å²) in [5, 5.41) is -0.130. The van der Waals surface area contributed by atoms with Crippen molar-refractivity contribution in [3.8, 4) is 0 Å². The number of benzene rings is 1. The van der Waals surface area contributed by atoms with Gasteiger partial charge in [-0.05, 0) is 43.5 Å². The van der Waals surface area contributed by atoms with Crippen molar-refractivity contribution in [1.29, 1.82) is 0 Å². The number of carbonyl (C=O) groups is 2. The van der Waals surface area contributed by atoms with Crippen molar-refractivity contribution in [2.75, 3.05) is 13.2 Å². The Balaban J connectivity index is 2.30. The maximum Gasteiger partial charge on any atom is 0.322 e. The van der Waals surface area contributed by atoms with Gasteiger partial charge < -0.3 is 9.47 Å². The van der Waals surface area contributed by atoms with Gasteiger partial charge in [0.25, 0.3) is 0 Å². The van der Waals surface area contributed by atoms with E-state index in [1.807, 2.05) is 0 Å². The zero-order valence-electron chi connectivity index (χ0n) is 12.2. The summed E-state index contributed by atoms with van der Waals surface area (Å²) in [6.45, 7) is 3.93. The molecule has 0 spiro atoms. The van der Waals surface area contributed by atoms with E-state index in [2.05, 4.69) is 4.40 Å². The second-order valence-corrected chi connectivity index (χ2v) is 5.83. The lowest BCUT2D eigenvalue weighted by atomic mass is 9.93. The first-order valence-electron chi connectivity index (χ1n) is 6.91. The summed E-state index contributed by atoms with van der Waals surface area (Å²) in [5.74, 6) is -1.71. The third-order valence-electron chi connectivity index (χ3n) is 3.06. The molecule has 0 amide bonds.